The number of nitrogens with zero attached hydrogens (tertiary/aromatic N) is 1. The van der Waals surface area contributed by atoms with Crippen molar-refractivity contribution < 1.29 is 52.7 Å². The second kappa shape index (κ2) is 13.2. The van der Waals surface area contributed by atoms with Crippen molar-refractivity contribution in [2.75, 3.05) is 27.0 Å². The van der Waals surface area contributed by atoms with Gasteiger partial charge >= 0.3 is 24.7 Å². The van der Waals surface area contributed by atoms with Gasteiger partial charge < -0.3 is 27.0 Å². The van der Waals surface area contributed by atoms with Gasteiger partial charge in [-0.25, -0.2) is 0 Å². The Morgan fingerprint density at radius 2 is 0.627 bits per heavy atom. The van der Waals surface area contributed by atoms with Crippen LogP contribution in [0.5, 0.6) is 0 Å². The average molecular weight is 730 g/mol. The molecule has 0 amide bonds. The van der Waals surface area contributed by atoms with Crippen LogP contribution in [0.2, 0.25) is 0 Å². The zero-order valence-electron chi connectivity index (χ0n) is 25.5. The lowest BCUT2D eigenvalue weighted by Crippen LogP contribution is -2.18. The number of anilines is 9. The quantitative estimate of drug-likeness (QED) is 0.0991. The molecule has 5 rings (SSSR count). The minimum atomic E-state index is -5.41. The zero-order valence-corrected chi connectivity index (χ0v) is 25.5. The van der Waals surface area contributed by atoms with Gasteiger partial charge in [0.05, 0.1) is 27.9 Å². The molecule has 0 bridgehead atoms. The van der Waals surface area contributed by atoms with Gasteiger partial charge in [0.2, 0.25) is 0 Å². The first-order chi connectivity index (χ1) is 23.6. The molecule has 0 aliphatic rings. The van der Waals surface area contributed by atoms with Crippen LogP contribution in [0.3, 0.4) is 0 Å². The Kier molecular flexibility index (Phi) is 9.45. The lowest BCUT2D eigenvalue weighted by atomic mass is 10.0. The number of rotatable bonds is 7. The molecule has 0 saturated heterocycles. The number of hydrogen-bond acceptors (Lipinski definition) is 5. The molecule has 17 heteroatoms. The molecule has 0 aromatic heterocycles. The minimum absolute atomic E-state index is 0.0614. The van der Waals surface area contributed by atoms with Crippen molar-refractivity contribution in [3.05, 3.63) is 125 Å². The fourth-order valence-electron chi connectivity index (χ4n) is 4.93. The summed E-state index contributed by atoms with van der Waals surface area (Å²) in [5.74, 6) is 0. The van der Waals surface area contributed by atoms with Gasteiger partial charge in [0.25, 0.3) is 0 Å². The molecule has 0 unspecified atom stereocenters. The Bertz CT molecular complexity index is 1810. The molecule has 5 aromatic rings. The summed E-state index contributed by atoms with van der Waals surface area (Å²) in [6.07, 6.45) is -21.6. The molecule has 6 N–H and O–H groups in total. The van der Waals surface area contributed by atoms with E-state index in [0.29, 0.717) is 27.6 Å². The highest BCUT2D eigenvalue weighted by Gasteiger charge is 2.40. The summed E-state index contributed by atoms with van der Waals surface area (Å²) in [6, 6.07) is 16.0. The van der Waals surface area contributed by atoms with E-state index in [1.165, 1.54) is 54.6 Å². The SMILES string of the molecule is Nc1ccc(Nc2cc(Nc3ccc(N)cc3)cc(N(c3cc(C(F)(F)F)cc(C(F)(F)F)c3)c3cc(C(F)(F)F)cc(C(F)(F)F)c3)c2)cc1. The second-order valence-corrected chi connectivity index (χ2v) is 11.1. The molecule has 0 saturated carbocycles. The molecule has 0 aliphatic heterocycles. The van der Waals surface area contributed by atoms with Gasteiger partial charge in [-0.3, -0.25) is 0 Å². The molecular weight excluding hydrogens is 706 g/mol. The van der Waals surface area contributed by atoms with Crippen molar-refractivity contribution in [1.29, 1.82) is 0 Å². The van der Waals surface area contributed by atoms with Gasteiger partial charge in [-0.2, -0.15) is 52.7 Å². The lowest BCUT2D eigenvalue weighted by molar-refractivity contribution is -0.144. The normalized spacial score (nSPS) is 12.5. The van der Waals surface area contributed by atoms with Gasteiger partial charge in [0, 0.05) is 45.5 Å². The van der Waals surface area contributed by atoms with Crippen LogP contribution in [0.15, 0.2) is 103 Å². The van der Waals surface area contributed by atoms with E-state index in [4.69, 9.17) is 11.5 Å². The molecule has 0 atom stereocenters. The average Bonchev–Trinajstić information content (AvgIpc) is 3.01. The van der Waals surface area contributed by atoms with Crippen LogP contribution in [-0.2, 0) is 24.7 Å². The number of nitrogens with two attached hydrogens (primary N) is 2. The summed E-state index contributed by atoms with van der Waals surface area (Å²) in [5.41, 5.74) is 3.05. The monoisotopic (exact) mass is 729 g/mol. The fraction of sp³-hybridized carbons (Fsp3) is 0.118. The van der Waals surface area contributed by atoms with Crippen molar-refractivity contribution >= 4 is 51.2 Å². The van der Waals surface area contributed by atoms with E-state index in [-0.39, 0.29) is 47.8 Å². The van der Waals surface area contributed by atoms with E-state index in [9.17, 15) is 52.7 Å². The van der Waals surface area contributed by atoms with Crippen molar-refractivity contribution in [1.82, 2.24) is 0 Å². The molecule has 0 aliphatic carbocycles. The summed E-state index contributed by atoms with van der Waals surface area (Å²) in [4.78, 5) is 0.442. The maximum Gasteiger partial charge on any atom is 0.416 e. The Hall–Kier alpha value is -5.74. The van der Waals surface area contributed by atoms with Crippen LogP contribution in [0.25, 0.3) is 0 Å². The number of nitrogens with one attached hydrogen (secondary N) is 2. The van der Waals surface area contributed by atoms with Gasteiger partial charge in [-0.05, 0) is 103 Å². The van der Waals surface area contributed by atoms with Crippen molar-refractivity contribution in [2.24, 2.45) is 0 Å². The molecule has 0 radical (unpaired) electrons. The summed E-state index contributed by atoms with van der Waals surface area (Å²) in [6.45, 7) is 0. The third-order valence-electron chi connectivity index (χ3n) is 7.24. The first-order valence-electron chi connectivity index (χ1n) is 14.4. The van der Waals surface area contributed by atoms with Crippen LogP contribution in [0.4, 0.5) is 104 Å². The standard InChI is InChI=1S/C34H23F12N5/c35-31(36,37)18-9-19(32(38,39)40)12-28(11-18)51(29-13-20(33(41,42)43)10-21(14-29)34(44,45)46)30-16-26(49-24-5-1-22(47)2-6-24)15-27(17-30)50-25-7-3-23(48)4-8-25/h1-17,49-50H,47-48H2. The van der Waals surface area contributed by atoms with E-state index in [1.807, 2.05) is 0 Å². The van der Waals surface area contributed by atoms with E-state index < -0.39 is 64.0 Å². The van der Waals surface area contributed by atoms with E-state index in [1.54, 1.807) is 0 Å². The summed E-state index contributed by atoms with van der Waals surface area (Å²) >= 11 is 0. The maximum absolute atomic E-state index is 14.0. The van der Waals surface area contributed by atoms with Crippen LogP contribution < -0.4 is 27.0 Å². The third-order valence-corrected chi connectivity index (χ3v) is 7.24. The highest BCUT2D eigenvalue weighted by atomic mass is 19.4. The Labute approximate surface area is 281 Å². The zero-order chi connectivity index (χ0) is 37.5. The number of halogens is 12. The first kappa shape index (κ1) is 36.5. The Balaban J connectivity index is 1.84. The highest BCUT2D eigenvalue weighted by molar-refractivity contribution is 5.84. The molecule has 51 heavy (non-hydrogen) atoms. The number of hydrogen-bond donors (Lipinski definition) is 4. The number of alkyl halides is 12. The smallest absolute Gasteiger partial charge is 0.399 e. The lowest BCUT2D eigenvalue weighted by Gasteiger charge is -2.29. The van der Waals surface area contributed by atoms with Gasteiger partial charge in [0.15, 0.2) is 0 Å². The number of benzene rings is 5. The Morgan fingerprint density at radius 3 is 0.902 bits per heavy atom. The van der Waals surface area contributed by atoms with E-state index in [2.05, 4.69) is 10.6 Å². The number of nitrogen functional groups attached to an aromatic ring is 2. The molecule has 5 nitrogen and oxygen atoms in total. The van der Waals surface area contributed by atoms with Crippen molar-refractivity contribution in [3.8, 4) is 0 Å². The van der Waals surface area contributed by atoms with Gasteiger partial charge in [-0.15, -0.1) is 0 Å². The van der Waals surface area contributed by atoms with Crippen molar-refractivity contribution in [2.45, 2.75) is 24.7 Å². The van der Waals surface area contributed by atoms with E-state index in [0.717, 1.165) is 12.1 Å². The Morgan fingerprint density at radius 1 is 0.353 bits per heavy atom. The molecule has 0 spiro atoms. The van der Waals surface area contributed by atoms with Crippen LogP contribution in [0.1, 0.15) is 22.3 Å². The molecule has 0 fully saturated rings. The topological polar surface area (TPSA) is 79.3 Å². The summed E-state index contributed by atoms with van der Waals surface area (Å²) in [7, 11) is 0. The van der Waals surface area contributed by atoms with Crippen LogP contribution >= 0.6 is 0 Å². The molecule has 268 valence electrons. The molecular formula is C34H23F12N5. The predicted octanol–water partition coefficient (Wildman–Crippen LogP) is 11.9. The summed E-state index contributed by atoms with van der Waals surface area (Å²) < 4.78 is 168. The van der Waals surface area contributed by atoms with E-state index >= 15 is 0 Å². The minimum Gasteiger partial charge on any atom is -0.399 e. The van der Waals surface area contributed by atoms with Gasteiger partial charge in [-0.1, -0.05) is 0 Å². The second-order valence-electron chi connectivity index (χ2n) is 11.1. The first-order valence-corrected chi connectivity index (χ1v) is 14.4. The summed E-state index contributed by atoms with van der Waals surface area (Å²) in [5, 5.41) is 5.89. The largest absolute Gasteiger partial charge is 0.416 e. The predicted molar refractivity (Wildman–Crippen MR) is 169 cm³/mol. The van der Waals surface area contributed by atoms with Gasteiger partial charge in [0.1, 0.15) is 0 Å². The fourth-order valence-corrected chi connectivity index (χ4v) is 4.93. The molecule has 0 heterocycles. The van der Waals surface area contributed by atoms with Crippen LogP contribution in [0, 0.1) is 0 Å². The van der Waals surface area contributed by atoms with Crippen LogP contribution in [-0.4, -0.2) is 0 Å². The third kappa shape index (κ3) is 8.90. The molecule has 5 aromatic carbocycles. The maximum atomic E-state index is 14.0. The highest BCUT2D eigenvalue weighted by Crippen LogP contribution is 2.47. The van der Waals surface area contributed by atoms with Crippen molar-refractivity contribution in [3.63, 3.8) is 0 Å².